The number of nitrogens with zero attached hydrogens (tertiary/aromatic N) is 7. The molecular weight excluding hydrogens is 625 g/mol. The van der Waals surface area contributed by atoms with E-state index in [1.165, 1.54) is 6.20 Å². The van der Waals surface area contributed by atoms with Crippen molar-refractivity contribution in [2.24, 2.45) is 11.8 Å². The van der Waals surface area contributed by atoms with Crippen LogP contribution in [0.4, 0.5) is 24.8 Å². The molecule has 1 saturated carbocycles. The fourth-order valence-electron chi connectivity index (χ4n) is 5.31. The Bertz CT molecular complexity index is 1830. The van der Waals surface area contributed by atoms with Crippen LogP contribution in [0.15, 0.2) is 43.1 Å². The summed E-state index contributed by atoms with van der Waals surface area (Å²) < 4.78 is 49.7. The minimum Gasteiger partial charge on any atom is -0.370 e. The highest BCUT2D eigenvalue weighted by atomic mass is 35.5. The minimum atomic E-state index is -3.01. The van der Waals surface area contributed by atoms with Crippen molar-refractivity contribution < 1.29 is 27.5 Å². The molecule has 11 nitrogen and oxygen atoms in total. The molecule has 15 heteroatoms. The van der Waals surface area contributed by atoms with Crippen molar-refractivity contribution in [3.63, 3.8) is 0 Å². The van der Waals surface area contributed by atoms with Gasteiger partial charge >= 0.3 is 0 Å². The maximum absolute atomic E-state index is 14.8. The first-order valence-electron chi connectivity index (χ1n) is 14.6. The van der Waals surface area contributed by atoms with Gasteiger partial charge in [0.1, 0.15) is 5.69 Å². The Hall–Kier alpha value is -4.43. The molecule has 1 N–H and O–H groups in total. The van der Waals surface area contributed by atoms with Crippen LogP contribution in [-0.2, 0) is 16.1 Å². The van der Waals surface area contributed by atoms with Crippen molar-refractivity contribution in [2.75, 3.05) is 16.8 Å². The molecule has 2 amide bonds. The highest BCUT2D eigenvalue weighted by molar-refractivity contribution is 6.31. The van der Waals surface area contributed by atoms with Crippen LogP contribution in [-0.4, -0.2) is 53.7 Å². The number of aromatic nitrogens is 6. The highest BCUT2D eigenvalue weighted by Crippen LogP contribution is 2.47. The number of benzene rings is 1. The number of anilines is 2. The monoisotopic (exact) mass is 654 g/mol. The van der Waals surface area contributed by atoms with E-state index in [1.807, 2.05) is 27.7 Å². The summed E-state index contributed by atoms with van der Waals surface area (Å²) in [5.41, 5.74) is -0.495. The van der Waals surface area contributed by atoms with Crippen LogP contribution in [0.2, 0.25) is 5.02 Å². The van der Waals surface area contributed by atoms with Crippen molar-refractivity contribution >= 4 is 35.1 Å². The highest BCUT2D eigenvalue weighted by Gasteiger charge is 2.53. The van der Waals surface area contributed by atoms with Crippen LogP contribution in [0.25, 0.3) is 11.3 Å². The van der Waals surface area contributed by atoms with Crippen LogP contribution < -0.4 is 10.2 Å². The van der Waals surface area contributed by atoms with Gasteiger partial charge in [0, 0.05) is 41.5 Å². The lowest BCUT2D eigenvalue weighted by Crippen LogP contribution is -2.30. The molecule has 6 rings (SSSR count). The smallest absolute Gasteiger partial charge is 0.275 e. The molecule has 3 unspecified atom stereocenters. The van der Waals surface area contributed by atoms with E-state index in [4.69, 9.17) is 21.3 Å². The summed E-state index contributed by atoms with van der Waals surface area (Å²) in [6.45, 7) is 8.45. The van der Waals surface area contributed by atoms with Crippen molar-refractivity contribution in [3.8, 4) is 11.3 Å². The van der Waals surface area contributed by atoms with Crippen LogP contribution in [0.5, 0.6) is 0 Å². The van der Waals surface area contributed by atoms with Crippen molar-refractivity contribution in [1.29, 1.82) is 0 Å². The minimum absolute atomic E-state index is 0.0448. The Morgan fingerprint density at radius 1 is 1.15 bits per heavy atom. The molecule has 3 atom stereocenters. The molecule has 1 saturated heterocycles. The van der Waals surface area contributed by atoms with Crippen molar-refractivity contribution in [1.82, 2.24) is 29.7 Å². The third-order valence-corrected chi connectivity index (χ3v) is 8.18. The van der Waals surface area contributed by atoms with Crippen LogP contribution in [0, 0.1) is 17.7 Å². The number of halogens is 4. The molecule has 0 radical (unpaired) electrons. The van der Waals surface area contributed by atoms with Crippen molar-refractivity contribution in [2.45, 2.75) is 58.8 Å². The van der Waals surface area contributed by atoms with E-state index in [-0.39, 0.29) is 34.8 Å². The molecule has 2 aliphatic rings. The lowest BCUT2D eigenvalue weighted by Gasteiger charge is -2.23. The third kappa shape index (κ3) is 6.31. The van der Waals surface area contributed by atoms with Crippen LogP contribution >= 0.6 is 11.6 Å². The first kappa shape index (κ1) is 31.5. The summed E-state index contributed by atoms with van der Waals surface area (Å²) in [4.78, 5) is 44.6. The van der Waals surface area contributed by atoms with Gasteiger partial charge in [0.25, 0.3) is 12.3 Å². The second-order valence-electron chi connectivity index (χ2n) is 12.3. The topological polar surface area (TPSA) is 128 Å². The van der Waals surface area contributed by atoms with E-state index in [0.717, 1.165) is 30.9 Å². The second-order valence-corrected chi connectivity index (χ2v) is 12.7. The van der Waals surface area contributed by atoms with Gasteiger partial charge in [0.15, 0.2) is 5.82 Å². The van der Waals surface area contributed by atoms with Gasteiger partial charge in [-0.25, -0.2) is 28.1 Å². The van der Waals surface area contributed by atoms with Gasteiger partial charge in [-0.2, -0.15) is 5.10 Å². The normalized spacial score (nSPS) is 18.2. The molecule has 0 bridgehead atoms. The quantitative estimate of drug-likeness (QED) is 0.232. The summed E-state index contributed by atoms with van der Waals surface area (Å²) >= 11 is 5.83. The molecule has 240 valence electrons. The van der Waals surface area contributed by atoms with E-state index < -0.39 is 40.9 Å². The number of hydrogen-bond donors (Lipinski definition) is 1. The van der Waals surface area contributed by atoms with E-state index in [1.54, 1.807) is 22.0 Å². The third-order valence-electron chi connectivity index (χ3n) is 7.89. The SMILES string of the molecule is CC(c1cnc(N2CC3CC3C2=O)nc1COC(C)(C)C)n1cc(NC(=O)c2cncc(-c3c(C(F)F)ccc(Cl)c3F)n2)cn1. The number of carbonyl (C=O) groups is 2. The summed E-state index contributed by atoms with van der Waals surface area (Å²) in [5.74, 6) is -0.990. The average molecular weight is 655 g/mol. The van der Waals surface area contributed by atoms with E-state index in [0.29, 0.717) is 35.4 Å². The Morgan fingerprint density at radius 3 is 2.63 bits per heavy atom. The number of piperidine rings is 1. The number of ether oxygens (including phenoxy) is 1. The first-order chi connectivity index (χ1) is 21.8. The molecule has 46 heavy (non-hydrogen) atoms. The Morgan fingerprint density at radius 2 is 1.93 bits per heavy atom. The maximum Gasteiger partial charge on any atom is 0.275 e. The lowest BCUT2D eigenvalue weighted by atomic mass is 10.0. The fourth-order valence-corrected chi connectivity index (χ4v) is 5.47. The maximum atomic E-state index is 14.8. The van der Waals surface area contributed by atoms with Crippen molar-refractivity contribution in [3.05, 3.63) is 76.5 Å². The molecule has 1 aliphatic carbocycles. The van der Waals surface area contributed by atoms with E-state index >= 15 is 0 Å². The number of amides is 2. The average Bonchev–Trinajstić information content (AvgIpc) is 3.51. The molecule has 4 heterocycles. The zero-order valence-electron chi connectivity index (χ0n) is 25.3. The lowest BCUT2D eigenvalue weighted by molar-refractivity contribution is -0.118. The van der Waals surface area contributed by atoms with Gasteiger partial charge < -0.3 is 10.1 Å². The summed E-state index contributed by atoms with van der Waals surface area (Å²) in [5, 5.41) is 6.68. The van der Waals surface area contributed by atoms with Gasteiger partial charge in [-0.15, -0.1) is 0 Å². The van der Waals surface area contributed by atoms with Gasteiger partial charge in [-0.3, -0.25) is 24.2 Å². The molecular formula is C31H30ClF3N8O3. The van der Waals surface area contributed by atoms with Gasteiger partial charge in [0.05, 0.1) is 58.9 Å². The molecule has 1 aromatic carbocycles. The Labute approximate surface area is 267 Å². The summed E-state index contributed by atoms with van der Waals surface area (Å²) in [6.07, 6.45) is 4.79. The standard InChI is InChI=1S/C31H30ClF3N8O3/c1-15(20-9-37-30(41-24(20)14-46-31(2,3)4)42-12-16-7-19(16)29(42)45)43-13-17(8-38-43)39-28(44)23-11-36-10-22(40-23)25-18(27(34)35)5-6-21(32)26(25)33/h5-6,8-11,13,15-16,19,27H,7,12,14H2,1-4H3,(H,39,44). The number of fused-ring (bicyclic) bond motifs is 1. The molecule has 0 spiro atoms. The predicted octanol–water partition coefficient (Wildman–Crippen LogP) is 6.02. The number of carbonyl (C=O) groups excluding carboxylic acids is 2. The second kappa shape index (κ2) is 12.1. The predicted molar refractivity (Wildman–Crippen MR) is 162 cm³/mol. The zero-order chi connectivity index (χ0) is 32.9. The van der Waals surface area contributed by atoms with E-state index in [2.05, 4.69) is 25.4 Å². The summed E-state index contributed by atoms with van der Waals surface area (Å²) in [7, 11) is 0. The number of alkyl halides is 2. The largest absolute Gasteiger partial charge is 0.370 e. The molecule has 2 fully saturated rings. The Balaban J connectivity index is 1.22. The Kier molecular flexibility index (Phi) is 8.27. The van der Waals surface area contributed by atoms with Gasteiger partial charge in [-0.05, 0) is 46.1 Å². The number of rotatable bonds is 9. The van der Waals surface area contributed by atoms with Gasteiger partial charge in [-0.1, -0.05) is 17.7 Å². The number of nitrogens with one attached hydrogen (secondary N) is 1. The molecule has 1 aliphatic heterocycles. The number of hydrogen-bond acceptors (Lipinski definition) is 8. The van der Waals surface area contributed by atoms with Crippen LogP contribution in [0.3, 0.4) is 0 Å². The fraction of sp³-hybridized carbons (Fsp3) is 0.387. The molecule has 4 aromatic rings. The first-order valence-corrected chi connectivity index (χ1v) is 14.9. The van der Waals surface area contributed by atoms with E-state index in [9.17, 15) is 22.8 Å². The van der Waals surface area contributed by atoms with Crippen LogP contribution in [0.1, 0.15) is 73.9 Å². The summed E-state index contributed by atoms with van der Waals surface area (Å²) in [6, 6.07) is 1.63. The van der Waals surface area contributed by atoms with Gasteiger partial charge in [0.2, 0.25) is 11.9 Å². The molecule has 3 aromatic heterocycles. The zero-order valence-corrected chi connectivity index (χ0v) is 26.1.